The third kappa shape index (κ3) is 2.94. The van der Waals surface area contributed by atoms with Crippen LogP contribution in [0.1, 0.15) is 38.1 Å². The van der Waals surface area contributed by atoms with Gasteiger partial charge in [-0.3, -0.25) is 4.57 Å². The fraction of sp³-hybridized carbons (Fsp3) is 0.611. The van der Waals surface area contributed by atoms with E-state index >= 15 is 0 Å². The number of rotatable bonds is 3. The molecular formula is C18H24FN3O. The van der Waals surface area contributed by atoms with E-state index in [2.05, 4.69) is 9.88 Å². The molecule has 4 nitrogen and oxygen atoms in total. The fourth-order valence-electron chi connectivity index (χ4n) is 4.34. The molecule has 2 aliphatic rings. The highest BCUT2D eigenvalue weighted by molar-refractivity contribution is 5.75. The lowest BCUT2D eigenvalue weighted by atomic mass is 10.0. The van der Waals surface area contributed by atoms with Crippen LogP contribution < -0.4 is 5.69 Å². The number of para-hydroxylation sites is 2. The standard InChI is InChI=1S/C18H24FN3O/c19-14-6-5-13(11-14)12-21-9-7-15(8-10-21)22-17-4-2-1-3-16(17)20-18(22)23/h1-4,13-15H,5-12H2,(H,20,23). The largest absolute Gasteiger partial charge is 0.326 e. The van der Waals surface area contributed by atoms with Crippen molar-refractivity contribution in [2.24, 2.45) is 5.92 Å². The third-order valence-electron chi connectivity index (χ3n) is 5.54. The Balaban J connectivity index is 1.43. The summed E-state index contributed by atoms with van der Waals surface area (Å²) in [6.45, 7) is 3.03. The van der Waals surface area contributed by atoms with Crippen molar-refractivity contribution in [2.45, 2.75) is 44.3 Å². The van der Waals surface area contributed by atoms with Gasteiger partial charge in [-0.1, -0.05) is 12.1 Å². The summed E-state index contributed by atoms with van der Waals surface area (Å²) in [6, 6.07) is 8.17. The van der Waals surface area contributed by atoms with Gasteiger partial charge >= 0.3 is 5.69 Å². The lowest BCUT2D eigenvalue weighted by Crippen LogP contribution is -2.39. The normalized spacial score (nSPS) is 27.0. The molecule has 0 radical (unpaired) electrons. The molecule has 1 aromatic heterocycles. The molecule has 1 saturated heterocycles. The summed E-state index contributed by atoms with van der Waals surface area (Å²) in [5.74, 6) is 0.525. The third-order valence-corrected chi connectivity index (χ3v) is 5.54. The highest BCUT2D eigenvalue weighted by Crippen LogP contribution is 2.30. The molecule has 2 fully saturated rings. The second-order valence-electron chi connectivity index (χ2n) is 7.13. The number of piperidine rings is 1. The highest BCUT2D eigenvalue weighted by atomic mass is 19.1. The summed E-state index contributed by atoms with van der Waals surface area (Å²) in [7, 11) is 0. The van der Waals surface area contributed by atoms with Gasteiger partial charge in [0.15, 0.2) is 0 Å². The first-order chi connectivity index (χ1) is 11.2. The number of nitrogens with one attached hydrogen (secondary N) is 1. The summed E-state index contributed by atoms with van der Waals surface area (Å²) in [4.78, 5) is 17.7. The van der Waals surface area contributed by atoms with E-state index in [9.17, 15) is 9.18 Å². The minimum absolute atomic E-state index is 0.000661. The van der Waals surface area contributed by atoms with Crippen molar-refractivity contribution in [1.82, 2.24) is 14.5 Å². The molecular weight excluding hydrogens is 293 g/mol. The van der Waals surface area contributed by atoms with Gasteiger partial charge in [0.05, 0.1) is 11.0 Å². The maximum absolute atomic E-state index is 13.3. The molecule has 0 amide bonds. The summed E-state index contributed by atoms with van der Waals surface area (Å²) >= 11 is 0. The number of aromatic nitrogens is 2. The molecule has 4 rings (SSSR count). The zero-order valence-electron chi connectivity index (χ0n) is 13.4. The second-order valence-corrected chi connectivity index (χ2v) is 7.13. The van der Waals surface area contributed by atoms with E-state index in [1.807, 2.05) is 28.8 Å². The van der Waals surface area contributed by atoms with Crippen molar-refractivity contribution in [3.8, 4) is 0 Å². The number of benzene rings is 1. The Morgan fingerprint density at radius 3 is 2.65 bits per heavy atom. The monoisotopic (exact) mass is 317 g/mol. The first-order valence-electron chi connectivity index (χ1n) is 8.76. The maximum atomic E-state index is 13.3. The molecule has 0 spiro atoms. The van der Waals surface area contributed by atoms with Gasteiger partial charge in [0.25, 0.3) is 0 Å². The van der Waals surface area contributed by atoms with Gasteiger partial charge in [0.2, 0.25) is 0 Å². The van der Waals surface area contributed by atoms with E-state index in [1.54, 1.807) is 0 Å². The predicted molar refractivity (Wildman–Crippen MR) is 89.5 cm³/mol. The molecule has 23 heavy (non-hydrogen) atoms. The average Bonchev–Trinajstić information content (AvgIpc) is 3.10. The van der Waals surface area contributed by atoms with Crippen LogP contribution in [0.15, 0.2) is 29.1 Å². The van der Waals surface area contributed by atoms with Crippen molar-refractivity contribution < 1.29 is 4.39 Å². The Labute approximate surface area is 135 Å². The Bertz CT molecular complexity index is 729. The number of likely N-dealkylation sites (tertiary alicyclic amines) is 1. The smallest absolute Gasteiger partial charge is 0.306 e. The number of H-pyrrole nitrogens is 1. The van der Waals surface area contributed by atoms with Crippen molar-refractivity contribution in [3.05, 3.63) is 34.7 Å². The van der Waals surface area contributed by atoms with E-state index in [1.165, 1.54) is 0 Å². The molecule has 124 valence electrons. The Morgan fingerprint density at radius 2 is 1.91 bits per heavy atom. The van der Waals surface area contributed by atoms with Crippen LogP contribution >= 0.6 is 0 Å². The molecule has 1 N–H and O–H groups in total. The summed E-state index contributed by atoms with van der Waals surface area (Å²) in [5, 5.41) is 0. The average molecular weight is 317 g/mol. The number of alkyl halides is 1. The van der Waals surface area contributed by atoms with Crippen molar-refractivity contribution in [2.75, 3.05) is 19.6 Å². The van der Waals surface area contributed by atoms with Gasteiger partial charge in [0, 0.05) is 25.7 Å². The Morgan fingerprint density at radius 1 is 1.13 bits per heavy atom. The number of hydrogen-bond acceptors (Lipinski definition) is 2. The Kier molecular flexibility index (Phi) is 3.97. The lowest BCUT2D eigenvalue weighted by molar-refractivity contribution is 0.161. The molecule has 2 heterocycles. The summed E-state index contributed by atoms with van der Waals surface area (Å²) in [6.07, 6.45) is 3.92. The van der Waals surface area contributed by atoms with Crippen molar-refractivity contribution in [3.63, 3.8) is 0 Å². The highest BCUT2D eigenvalue weighted by Gasteiger charge is 2.28. The molecule has 1 aliphatic carbocycles. The molecule has 5 heteroatoms. The zero-order chi connectivity index (χ0) is 15.8. The molecule has 2 unspecified atom stereocenters. The minimum Gasteiger partial charge on any atom is -0.306 e. The SMILES string of the molecule is O=c1[nH]c2ccccc2n1C1CCN(CC2CCC(F)C2)CC1. The zero-order valence-corrected chi connectivity index (χ0v) is 13.4. The number of nitrogens with zero attached hydrogens (tertiary/aromatic N) is 2. The number of halogens is 1. The maximum Gasteiger partial charge on any atom is 0.326 e. The van der Waals surface area contributed by atoms with Gasteiger partial charge in [-0.25, -0.2) is 9.18 Å². The first-order valence-corrected chi connectivity index (χ1v) is 8.76. The molecule has 1 aliphatic heterocycles. The number of aromatic amines is 1. The molecule has 0 bridgehead atoms. The molecule has 2 atom stereocenters. The van der Waals surface area contributed by atoms with Crippen LogP contribution in [0, 0.1) is 5.92 Å². The van der Waals surface area contributed by atoms with Gasteiger partial charge < -0.3 is 9.88 Å². The van der Waals surface area contributed by atoms with E-state index in [4.69, 9.17) is 0 Å². The fourth-order valence-corrected chi connectivity index (χ4v) is 4.34. The number of hydrogen-bond donors (Lipinski definition) is 1. The van der Waals surface area contributed by atoms with E-state index in [0.29, 0.717) is 5.92 Å². The molecule has 2 aromatic rings. The topological polar surface area (TPSA) is 41.0 Å². The summed E-state index contributed by atoms with van der Waals surface area (Å²) < 4.78 is 15.2. The van der Waals surface area contributed by atoms with Crippen LogP contribution in [-0.2, 0) is 0 Å². The quantitative estimate of drug-likeness (QED) is 0.945. The second kappa shape index (κ2) is 6.11. The van der Waals surface area contributed by atoms with Crippen LogP contribution in [0.5, 0.6) is 0 Å². The van der Waals surface area contributed by atoms with E-state index in [0.717, 1.165) is 62.8 Å². The number of imidazole rings is 1. The van der Waals surface area contributed by atoms with Crippen LogP contribution in [0.3, 0.4) is 0 Å². The van der Waals surface area contributed by atoms with Crippen molar-refractivity contribution in [1.29, 1.82) is 0 Å². The van der Waals surface area contributed by atoms with Crippen LogP contribution in [-0.4, -0.2) is 40.3 Å². The molecule has 1 aromatic carbocycles. The molecule has 1 saturated carbocycles. The van der Waals surface area contributed by atoms with Crippen LogP contribution in [0.2, 0.25) is 0 Å². The van der Waals surface area contributed by atoms with E-state index < -0.39 is 6.17 Å². The van der Waals surface area contributed by atoms with Gasteiger partial charge in [-0.2, -0.15) is 0 Å². The van der Waals surface area contributed by atoms with Crippen LogP contribution in [0.4, 0.5) is 4.39 Å². The van der Waals surface area contributed by atoms with Gasteiger partial charge in [-0.05, 0) is 50.2 Å². The van der Waals surface area contributed by atoms with E-state index in [-0.39, 0.29) is 11.7 Å². The predicted octanol–water partition coefficient (Wildman–Crippen LogP) is 3.10. The van der Waals surface area contributed by atoms with Crippen LogP contribution in [0.25, 0.3) is 11.0 Å². The first kappa shape index (κ1) is 14.9. The summed E-state index contributed by atoms with van der Waals surface area (Å²) in [5.41, 5.74) is 1.92. The minimum atomic E-state index is -0.581. The van der Waals surface area contributed by atoms with Gasteiger partial charge in [-0.15, -0.1) is 0 Å². The van der Waals surface area contributed by atoms with Gasteiger partial charge in [0.1, 0.15) is 6.17 Å². The Hall–Kier alpha value is -1.62. The van der Waals surface area contributed by atoms with Crippen molar-refractivity contribution >= 4 is 11.0 Å². The lowest BCUT2D eigenvalue weighted by Gasteiger charge is -2.34. The number of fused-ring (bicyclic) bond motifs is 1.